The van der Waals surface area contributed by atoms with Gasteiger partial charge < -0.3 is 25.5 Å². The minimum absolute atomic E-state index is 0.0170. The fraction of sp³-hybridized carbons (Fsp3) is 0.406. The van der Waals surface area contributed by atoms with Crippen molar-refractivity contribution in [2.24, 2.45) is 22.7 Å². The number of benzene rings is 2. The maximum Gasteiger partial charge on any atom is 0.203 e. The van der Waals surface area contributed by atoms with E-state index >= 15 is 0 Å². The standard InChI is InChI=1S/C32H34O8/c1-14(2)23-25(35)21(16(4)33)27(37)32(40)28(38)24-26(36)22-19(34)13-12-18(17-10-8-7-9-11-17)20(22)15(3)30(24,5)29(39)31(23,32)6/h7-15,23,29,34,36-37,39-40H,1-6H3/t15-,23?,29-,30+,31+,32+/m1/s1. The molecule has 0 heterocycles. The van der Waals surface area contributed by atoms with Gasteiger partial charge in [-0.05, 0) is 41.5 Å². The molecule has 1 fully saturated rings. The molecule has 0 saturated heterocycles. The molecule has 5 N–H and O–H groups in total. The number of aromatic hydroxyl groups is 1. The molecule has 6 atom stereocenters. The van der Waals surface area contributed by atoms with E-state index in [2.05, 4.69) is 0 Å². The largest absolute Gasteiger partial charge is 0.508 e. The summed E-state index contributed by atoms with van der Waals surface area (Å²) in [4.78, 5) is 40.7. The molecule has 210 valence electrons. The van der Waals surface area contributed by atoms with Crippen LogP contribution in [-0.4, -0.2) is 54.6 Å². The van der Waals surface area contributed by atoms with Gasteiger partial charge in [-0.3, -0.25) is 14.4 Å². The highest BCUT2D eigenvalue weighted by Gasteiger charge is 2.77. The molecule has 3 aliphatic rings. The van der Waals surface area contributed by atoms with Gasteiger partial charge in [0, 0.05) is 16.7 Å². The van der Waals surface area contributed by atoms with E-state index < -0.39 is 74.7 Å². The maximum absolute atomic E-state index is 14.5. The second-order valence-electron chi connectivity index (χ2n) is 12.1. The van der Waals surface area contributed by atoms with Gasteiger partial charge in [0.25, 0.3) is 0 Å². The second-order valence-corrected chi connectivity index (χ2v) is 12.1. The average Bonchev–Trinajstić information content (AvgIpc) is 2.89. The summed E-state index contributed by atoms with van der Waals surface area (Å²) in [6.45, 7) is 9.14. The number of phenolic OH excluding ortho intramolecular Hbond substituents is 1. The van der Waals surface area contributed by atoms with Crippen LogP contribution >= 0.6 is 0 Å². The van der Waals surface area contributed by atoms with Crippen molar-refractivity contribution in [3.05, 3.63) is 70.5 Å². The van der Waals surface area contributed by atoms with Crippen molar-refractivity contribution in [3.8, 4) is 16.9 Å². The summed E-state index contributed by atoms with van der Waals surface area (Å²) in [5, 5.41) is 58.4. The van der Waals surface area contributed by atoms with Gasteiger partial charge in [0.2, 0.25) is 5.78 Å². The molecule has 3 aliphatic carbocycles. The van der Waals surface area contributed by atoms with E-state index in [1.807, 2.05) is 30.3 Å². The van der Waals surface area contributed by atoms with Crippen molar-refractivity contribution in [2.45, 2.75) is 59.2 Å². The summed E-state index contributed by atoms with van der Waals surface area (Å²) < 4.78 is 0. The fourth-order valence-corrected chi connectivity index (χ4v) is 7.86. The number of hydrogen-bond donors (Lipinski definition) is 5. The average molecular weight is 547 g/mol. The third-order valence-electron chi connectivity index (χ3n) is 9.90. The Morgan fingerprint density at radius 2 is 1.57 bits per heavy atom. The Labute approximate surface area is 232 Å². The van der Waals surface area contributed by atoms with E-state index in [1.54, 1.807) is 33.8 Å². The van der Waals surface area contributed by atoms with Gasteiger partial charge in [-0.2, -0.15) is 0 Å². The van der Waals surface area contributed by atoms with Gasteiger partial charge in [-0.25, -0.2) is 0 Å². The van der Waals surface area contributed by atoms with E-state index in [1.165, 1.54) is 13.0 Å². The number of allylic oxidation sites excluding steroid dienone is 1. The van der Waals surface area contributed by atoms with Crippen LogP contribution in [0.5, 0.6) is 5.75 Å². The zero-order valence-electron chi connectivity index (χ0n) is 23.3. The van der Waals surface area contributed by atoms with E-state index in [0.29, 0.717) is 11.1 Å². The molecule has 0 bridgehead atoms. The number of fused-ring (bicyclic) bond motifs is 3. The van der Waals surface area contributed by atoms with Gasteiger partial charge in [0.05, 0.1) is 17.2 Å². The molecule has 1 unspecified atom stereocenters. The number of carbonyl (C=O) groups is 3. The highest BCUT2D eigenvalue weighted by Crippen LogP contribution is 2.68. The number of Topliss-reactive ketones (excluding diaryl/α,β-unsaturated/α-hetero) is 3. The Hall–Kier alpha value is -3.75. The molecule has 0 aliphatic heterocycles. The summed E-state index contributed by atoms with van der Waals surface area (Å²) in [5.74, 6) is -7.28. The summed E-state index contributed by atoms with van der Waals surface area (Å²) in [6, 6.07) is 12.4. The molecule has 1 saturated carbocycles. The molecular formula is C32H34O8. The third kappa shape index (κ3) is 3.01. The predicted octanol–water partition coefficient (Wildman–Crippen LogP) is 4.39. The Balaban J connectivity index is 1.92. The molecule has 0 aromatic heterocycles. The number of phenols is 1. The summed E-state index contributed by atoms with van der Waals surface area (Å²) >= 11 is 0. The van der Waals surface area contributed by atoms with Gasteiger partial charge >= 0.3 is 0 Å². The predicted molar refractivity (Wildman–Crippen MR) is 147 cm³/mol. The topological polar surface area (TPSA) is 152 Å². The second kappa shape index (κ2) is 8.62. The van der Waals surface area contributed by atoms with Crippen LogP contribution in [0.25, 0.3) is 16.9 Å². The Kier molecular flexibility index (Phi) is 5.99. The third-order valence-corrected chi connectivity index (χ3v) is 9.90. The molecule has 0 amide bonds. The Morgan fingerprint density at radius 1 is 0.975 bits per heavy atom. The van der Waals surface area contributed by atoms with Crippen LogP contribution in [0, 0.1) is 22.7 Å². The fourth-order valence-electron chi connectivity index (χ4n) is 7.86. The highest BCUT2D eigenvalue weighted by molar-refractivity contribution is 6.24. The van der Waals surface area contributed by atoms with Crippen LogP contribution < -0.4 is 0 Å². The SMILES string of the molecule is CC(=O)C1=C(O)[C@]2(O)C(=O)C3=C(O)c4c(O)ccc(-c5ccccc5)c4[C@@H](C)[C@]3(C)[C@@H](O)[C@]2(C)C(C(C)C)C1=O. The van der Waals surface area contributed by atoms with Crippen LogP contribution in [0.15, 0.2) is 59.4 Å². The first-order valence-electron chi connectivity index (χ1n) is 13.4. The lowest BCUT2D eigenvalue weighted by Crippen LogP contribution is -2.75. The lowest BCUT2D eigenvalue weighted by molar-refractivity contribution is -0.215. The van der Waals surface area contributed by atoms with Gasteiger partial charge in [0.1, 0.15) is 22.8 Å². The van der Waals surface area contributed by atoms with Crippen molar-refractivity contribution < 1.29 is 39.9 Å². The van der Waals surface area contributed by atoms with Crippen LogP contribution in [0.3, 0.4) is 0 Å². The molecule has 40 heavy (non-hydrogen) atoms. The zero-order valence-corrected chi connectivity index (χ0v) is 23.3. The first-order chi connectivity index (χ1) is 18.6. The van der Waals surface area contributed by atoms with Crippen molar-refractivity contribution >= 4 is 23.1 Å². The minimum atomic E-state index is -2.90. The highest BCUT2D eigenvalue weighted by atomic mass is 16.4. The lowest BCUT2D eigenvalue weighted by atomic mass is 9.40. The van der Waals surface area contributed by atoms with E-state index in [-0.39, 0.29) is 16.9 Å². The molecule has 0 radical (unpaired) electrons. The number of ketones is 3. The molecule has 2 aromatic rings. The van der Waals surface area contributed by atoms with Crippen molar-refractivity contribution in [2.75, 3.05) is 0 Å². The molecule has 0 spiro atoms. The van der Waals surface area contributed by atoms with Crippen molar-refractivity contribution in [1.82, 2.24) is 0 Å². The molecular weight excluding hydrogens is 512 g/mol. The van der Waals surface area contributed by atoms with Crippen molar-refractivity contribution in [1.29, 1.82) is 0 Å². The number of carbonyl (C=O) groups excluding carboxylic acids is 3. The Morgan fingerprint density at radius 3 is 2.12 bits per heavy atom. The Bertz CT molecular complexity index is 1550. The van der Waals surface area contributed by atoms with Crippen LogP contribution in [0.2, 0.25) is 0 Å². The van der Waals surface area contributed by atoms with Gasteiger partial charge in [-0.1, -0.05) is 71.0 Å². The lowest BCUT2D eigenvalue weighted by Gasteiger charge is -2.63. The summed E-state index contributed by atoms with van der Waals surface area (Å²) in [6.07, 6.45) is -1.67. The van der Waals surface area contributed by atoms with E-state index in [0.717, 1.165) is 12.5 Å². The zero-order chi connectivity index (χ0) is 29.7. The summed E-state index contributed by atoms with van der Waals surface area (Å²) in [5.41, 5.74) is -5.61. The van der Waals surface area contributed by atoms with Crippen molar-refractivity contribution in [3.63, 3.8) is 0 Å². The number of hydrogen-bond acceptors (Lipinski definition) is 8. The molecule has 8 heteroatoms. The minimum Gasteiger partial charge on any atom is -0.508 e. The van der Waals surface area contributed by atoms with E-state index in [9.17, 15) is 39.9 Å². The maximum atomic E-state index is 14.5. The number of aliphatic hydroxyl groups excluding tert-OH is 3. The monoisotopic (exact) mass is 546 g/mol. The molecule has 5 rings (SSSR count). The normalized spacial score (nSPS) is 33.6. The van der Waals surface area contributed by atoms with Gasteiger partial charge in [-0.15, -0.1) is 0 Å². The first-order valence-corrected chi connectivity index (χ1v) is 13.4. The van der Waals surface area contributed by atoms with Gasteiger partial charge in [0.15, 0.2) is 17.2 Å². The number of rotatable bonds is 3. The van der Waals surface area contributed by atoms with Crippen LogP contribution in [0.1, 0.15) is 58.6 Å². The number of aliphatic hydroxyl groups is 4. The van der Waals surface area contributed by atoms with Crippen LogP contribution in [0.4, 0.5) is 0 Å². The molecule has 2 aromatic carbocycles. The van der Waals surface area contributed by atoms with Crippen LogP contribution in [-0.2, 0) is 14.4 Å². The quantitative estimate of drug-likeness (QED) is 0.356. The molecule has 8 nitrogen and oxygen atoms in total. The smallest absolute Gasteiger partial charge is 0.203 e. The first kappa shape index (κ1) is 27.8. The van der Waals surface area contributed by atoms with E-state index in [4.69, 9.17) is 0 Å². The summed E-state index contributed by atoms with van der Waals surface area (Å²) in [7, 11) is 0.